The minimum Gasteiger partial charge on any atom is -0.491 e. The molecule has 0 amide bonds. The van der Waals surface area contributed by atoms with Crippen LogP contribution in [0.4, 0.5) is 0 Å². The summed E-state index contributed by atoms with van der Waals surface area (Å²) in [4.78, 5) is 0. The van der Waals surface area contributed by atoms with Crippen molar-refractivity contribution in [2.24, 2.45) is 0 Å². The Balaban J connectivity index is 1.70. The Kier molecular flexibility index (Phi) is 35.7. The maximum atomic E-state index is 5.78. The van der Waals surface area contributed by atoms with Gasteiger partial charge in [-0.15, -0.1) is 0 Å². The van der Waals surface area contributed by atoms with E-state index in [9.17, 15) is 0 Å². The highest BCUT2D eigenvalue weighted by Gasteiger charge is 1.99. The predicted molar refractivity (Wildman–Crippen MR) is 187 cm³/mol. The lowest BCUT2D eigenvalue weighted by Crippen LogP contribution is -2.15. The molecule has 0 N–H and O–H groups in total. The van der Waals surface area contributed by atoms with E-state index in [-0.39, 0.29) is 0 Å². The summed E-state index contributed by atoms with van der Waals surface area (Å²) in [5, 5.41) is 0. The summed E-state index contributed by atoms with van der Waals surface area (Å²) in [6.07, 6.45) is 10.5. The lowest BCUT2D eigenvalue weighted by Gasteiger charge is -2.09. The van der Waals surface area contributed by atoms with E-state index in [4.69, 9.17) is 52.1 Å². The Morgan fingerprint density at radius 3 is 1.00 bits per heavy atom. The van der Waals surface area contributed by atoms with Gasteiger partial charge in [0, 0.05) is 6.61 Å². The summed E-state index contributed by atoms with van der Waals surface area (Å²) in [5.41, 5.74) is 1.38. The van der Waals surface area contributed by atoms with Crippen LogP contribution in [0.15, 0.2) is 24.3 Å². The fourth-order valence-electron chi connectivity index (χ4n) is 4.38. The molecule has 0 radical (unpaired) electrons. The number of unbranched alkanes of at least 4 members (excludes halogenated alkanes) is 6. The van der Waals surface area contributed by atoms with E-state index in [1.807, 2.05) is 6.92 Å². The summed E-state index contributed by atoms with van der Waals surface area (Å²) in [5.74, 6) is 0.889. The van der Waals surface area contributed by atoms with Crippen LogP contribution < -0.4 is 4.74 Å². The van der Waals surface area contributed by atoms with Crippen molar-refractivity contribution >= 4 is 0 Å². The highest BCUT2D eigenvalue weighted by Crippen LogP contribution is 2.15. The van der Waals surface area contributed by atoms with E-state index >= 15 is 0 Å². The van der Waals surface area contributed by atoms with Gasteiger partial charge in [0.05, 0.1) is 126 Å². The lowest BCUT2D eigenvalue weighted by molar-refractivity contribution is -0.0265. The van der Waals surface area contributed by atoms with E-state index in [0.29, 0.717) is 139 Å². The fourth-order valence-corrected chi connectivity index (χ4v) is 4.38. The van der Waals surface area contributed by atoms with Crippen LogP contribution in [0.5, 0.6) is 5.75 Å². The van der Waals surface area contributed by atoms with Crippen molar-refractivity contribution in [3.8, 4) is 5.75 Å². The molecule has 0 aliphatic rings. The average Bonchev–Trinajstić information content (AvgIpc) is 3.11. The van der Waals surface area contributed by atoms with Crippen molar-refractivity contribution < 1.29 is 52.1 Å². The minimum atomic E-state index is 0.520. The van der Waals surface area contributed by atoms with Crippen LogP contribution in [0.25, 0.3) is 0 Å². The molecular weight excluding hydrogens is 620 g/mol. The zero-order chi connectivity index (χ0) is 34.3. The van der Waals surface area contributed by atoms with Crippen LogP contribution in [0.2, 0.25) is 0 Å². The van der Waals surface area contributed by atoms with Crippen molar-refractivity contribution in [1.82, 2.24) is 0 Å². The Morgan fingerprint density at radius 2 is 0.646 bits per heavy atom. The van der Waals surface area contributed by atoms with Gasteiger partial charge >= 0.3 is 0 Å². The summed E-state index contributed by atoms with van der Waals surface area (Å²) in [6, 6.07) is 8.46. The molecular formula is C37H68O11. The molecule has 0 aromatic heterocycles. The Hall–Kier alpha value is -1.38. The molecule has 48 heavy (non-hydrogen) atoms. The normalized spacial score (nSPS) is 11.5. The molecule has 0 saturated heterocycles. The third-order valence-electron chi connectivity index (χ3n) is 7.04. The smallest absolute Gasteiger partial charge is 0.119 e. The molecule has 0 atom stereocenters. The Labute approximate surface area is 291 Å². The first-order chi connectivity index (χ1) is 23.9. The second-order valence-corrected chi connectivity index (χ2v) is 11.1. The van der Waals surface area contributed by atoms with Crippen LogP contribution in [0.3, 0.4) is 0 Å². The molecule has 0 bridgehead atoms. The third-order valence-corrected chi connectivity index (χ3v) is 7.04. The van der Waals surface area contributed by atoms with Crippen molar-refractivity contribution in [1.29, 1.82) is 0 Å². The van der Waals surface area contributed by atoms with Crippen molar-refractivity contribution in [2.45, 2.75) is 65.2 Å². The molecule has 282 valence electrons. The van der Waals surface area contributed by atoms with Gasteiger partial charge in [-0.2, -0.15) is 0 Å². The van der Waals surface area contributed by atoms with Crippen LogP contribution in [0, 0.1) is 0 Å². The van der Waals surface area contributed by atoms with E-state index in [2.05, 4.69) is 31.2 Å². The molecule has 0 spiro atoms. The number of benzene rings is 1. The van der Waals surface area contributed by atoms with Gasteiger partial charge < -0.3 is 52.1 Å². The van der Waals surface area contributed by atoms with Crippen LogP contribution in [-0.2, 0) is 53.8 Å². The first-order valence-electron chi connectivity index (χ1n) is 18.4. The van der Waals surface area contributed by atoms with Gasteiger partial charge in [-0.05, 0) is 37.5 Å². The topological polar surface area (TPSA) is 102 Å². The zero-order valence-electron chi connectivity index (χ0n) is 30.3. The van der Waals surface area contributed by atoms with Crippen LogP contribution in [-0.4, -0.2) is 139 Å². The average molecular weight is 689 g/mol. The molecule has 0 heterocycles. The first kappa shape index (κ1) is 44.6. The highest BCUT2D eigenvalue weighted by atomic mass is 16.6. The predicted octanol–water partition coefficient (Wildman–Crippen LogP) is 5.54. The van der Waals surface area contributed by atoms with Gasteiger partial charge in [0.15, 0.2) is 0 Å². The van der Waals surface area contributed by atoms with Crippen molar-refractivity contribution in [2.75, 3.05) is 139 Å². The minimum absolute atomic E-state index is 0.520. The van der Waals surface area contributed by atoms with Gasteiger partial charge in [0.25, 0.3) is 0 Å². The Bertz CT molecular complexity index is 739. The van der Waals surface area contributed by atoms with Gasteiger partial charge in [-0.25, -0.2) is 0 Å². The molecule has 0 aliphatic carbocycles. The van der Waals surface area contributed by atoms with E-state index in [1.54, 1.807) is 0 Å². The molecule has 1 aromatic carbocycles. The number of ether oxygens (including phenoxy) is 11. The number of rotatable bonds is 40. The molecule has 11 heteroatoms. The number of aryl methyl sites for hydroxylation is 1. The van der Waals surface area contributed by atoms with Gasteiger partial charge in [0.2, 0.25) is 0 Å². The molecule has 0 unspecified atom stereocenters. The lowest BCUT2D eigenvalue weighted by atomic mass is 10.0. The summed E-state index contributed by atoms with van der Waals surface area (Å²) in [6.45, 7) is 15.7. The SMILES string of the molecule is CCCCCCCCCc1ccc(OCCOCCOCCOCCOCCOCCOCCOCCOCCOCCOCC)cc1. The fraction of sp³-hybridized carbons (Fsp3) is 0.838. The van der Waals surface area contributed by atoms with E-state index in [0.717, 1.165) is 12.2 Å². The molecule has 0 aliphatic heterocycles. The van der Waals surface area contributed by atoms with E-state index in [1.165, 1.54) is 50.5 Å². The van der Waals surface area contributed by atoms with Crippen molar-refractivity contribution in [3.63, 3.8) is 0 Å². The van der Waals surface area contributed by atoms with Gasteiger partial charge in [-0.3, -0.25) is 0 Å². The van der Waals surface area contributed by atoms with E-state index < -0.39 is 0 Å². The molecule has 1 rings (SSSR count). The summed E-state index contributed by atoms with van der Waals surface area (Å²) in [7, 11) is 0. The maximum absolute atomic E-state index is 5.78. The second kappa shape index (κ2) is 38.4. The first-order valence-corrected chi connectivity index (χ1v) is 18.4. The molecule has 0 saturated carbocycles. The van der Waals surface area contributed by atoms with Crippen molar-refractivity contribution in [3.05, 3.63) is 29.8 Å². The molecule has 0 fully saturated rings. The monoisotopic (exact) mass is 688 g/mol. The zero-order valence-corrected chi connectivity index (χ0v) is 30.3. The highest BCUT2D eigenvalue weighted by molar-refractivity contribution is 5.27. The van der Waals surface area contributed by atoms with Crippen LogP contribution in [0.1, 0.15) is 64.4 Å². The maximum Gasteiger partial charge on any atom is 0.119 e. The number of hydrogen-bond donors (Lipinski definition) is 0. The number of hydrogen-bond acceptors (Lipinski definition) is 11. The quantitative estimate of drug-likeness (QED) is 0.0813. The Morgan fingerprint density at radius 1 is 0.333 bits per heavy atom. The van der Waals surface area contributed by atoms with Gasteiger partial charge in [0.1, 0.15) is 12.4 Å². The standard InChI is InChI=1S/C37H68O11/c1-3-5-6-7-8-9-10-11-36-12-14-37(15-13-36)48-35-34-47-33-32-46-31-30-45-29-28-44-27-26-43-25-24-42-23-22-41-21-20-40-19-18-39-17-16-38-4-2/h12-15H,3-11,16-35H2,1-2H3. The van der Waals surface area contributed by atoms with Crippen LogP contribution >= 0.6 is 0 Å². The second-order valence-electron chi connectivity index (χ2n) is 11.1. The summed E-state index contributed by atoms with van der Waals surface area (Å²) < 4.78 is 60.4. The largest absolute Gasteiger partial charge is 0.491 e. The molecule has 1 aromatic rings. The van der Waals surface area contributed by atoms with Gasteiger partial charge in [-0.1, -0.05) is 57.6 Å². The summed E-state index contributed by atoms with van der Waals surface area (Å²) >= 11 is 0. The third kappa shape index (κ3) is 33.1. The molecule has 11 nitrogen and oxygen atoms in total.